The summed E-state index contributed by atoms with van der Waals surface area (Å²) >= 11 is 0. The van der Waals surface area contributed by atoms with Crippen LogP contribution in [0, 0.1) is 0 Å². The number of carboxylic acid groups (broad SMARTS) is 2. The largest absolute Gasteiger partial charge is 0.480 e. The van der Waals surface area contributed by atoms with Crippen LogP contribution in [-0.4, -0.2) is 44.2 Å². The summed E-state index contributed by atoms with van der Waals surface area (Å²) in [6.45, 7) is 3.12. The van der Waals surface area contributed by atoms with Crippen molar-refractivity contribution >= 4 is 45.4 Å². The van der Waals surface area contributed by atoms with E-state index in [2.05, 4.69) is 20.6 Å². The molecule has 0 aliphatic carbocycles. The third-order valence-electron chi connectivity index (χ3n) is 3.94. The van der Waals surface area contributed by atoms with E-state index < -0.39 is 24.0 Å². The molecular weight excluding hydrogens is 336 g/mol. The van der Waals surface area contributed by atoms with Crippen molar-refractivity contribution in [2.24, 2.45) is 0 Å². The van der Waals surface area contributed by atoms with Gasteiger partial charge in [-0.05, 0) is 50.2 Å². The smallest absolute Gasteiger partial charge is 0.325 e. The Kier molecular flexibility index (Phi) is 4.57. The van der Waals surface area contributed by atoms with Gasteiger partial charge >= 0.3 is 11.9 Å². The van der Waals surface area contributed by atoms with Crippen LogP contribution in [0.25, 0.3) is 22.1 Å². The first-order valence-electron chi connectivity index (χ1n) is 8.04. The van der Waals surface area contributed by atoms with Crippen LogP contribution in [-0.2, 0) is 9.59 Å². The Balaban J connectivity index is 1.94. The first kappa shape index (κ1) is 17.4. The molecule has 0 saturated carbocycles. The van der Waals surface area contributed by atoms with Crippen LogP contribution in [0.15, 0.2) is 36.4 Å². The molecule has 0 saturated heterocycles. The number of aromatic nitrogens is 2. The Bertz CT molecular complexity index is 924. The number of carboxylic acids is 2. The van der Waals surface area contributed by atoms with Gasteiger partial charge in [-0.3, -0.25) is 9.59 Å². The second kappa shape index (κ2) is 6.83. The van der Waals surface area contributed by atoms with Crippen LogP contribution in [0.1, 0.15) is 13.8 Å². The molecule has 1 aromatic heterocycles. The first-order valence-corrected chi connectivity index (χ1v) is 8.04. The van der Waals surface area contributed by atoms with Gasteiger partial charge < -0.3 is 20.8 Å². The lowest BCUT2D eigenvalue weighted by Crippen LogP contribution is -2.25. The summed E-state index contributed by atoms with van der Waals surface area (Å²) in [7, 11) is 0. The molecule has 0 spiro atoms. The van der Waals surface area contributed by atoms with Crippen LogP contribution in [0.4, 0.5) is 11.4 Å². The summed E-state index contributed by atoms with van der Waals surface area (Å²) in [5, 5.41) is 23.8. The minimum atomic E-state index is -0.940. The van der Waals surface area contributed by atoms with Gasteiger partial charge in [0.25, 0.3) is 0 Å². The molecule has 134 valence electrons. The second-order valence-corrected chi connectivity index (χ2v) is 6.04. The Morgan fingerprint density at radius 2 is 1.15 bits per heavy atom. The summed E-state index contributed by atoms with van der Waals surface area (Å²) in [4.78, 5) is 31.0. The van der Waals surface area contributed by atoms with Crippen molar-refractivity contribution in [2.45, 2.75) is 25.9 Å². The number of benzene rings is 2. The number of rotatable bonds is 6. The van der Waals surface area contributed by atoms with Crippen molar-refractivity contribution in [2.75, 3.05) is 10.6 Å². The number of hydrogen-bond donors (Lipinski definition) is 4. The van der Waals surface area contributed by atoms with Crippen molar-refractivity contribution in [3.8, 4) is 0 Å². The summed E-state index contributed by atoms with van der Waals surface area (Å²) < 4.78 is 0. The van der Waals surface area contributed by atoms with Crippen molar-refractivity contribution in [1.29, 1.82) is 0 Å². The van der Waals surface area contributed by atoms with Gasteiger partial charge in [-0.2, -0.15) is 0 Å². The van der Waals surface area contributed by atoms with E-state index in [0.29, 0.717) is 33.4 Å². The molecule has 0 fully saturated rings. The molecule has 3 aromatic rings. The highest BCUT2D eigenvalue weighted by Crippen LogP contribution is 2.22. The molecule has 26 heavy (non-hydrogen) atoms. The molecule has 0 bridgehead atoms. The molecule has 2 atom stereocenters. The highest BCUT2D eigenvalue weighted by Gasteiger charge is 2.12. The molecule has 1 heterocycles. The maximum absolute atomic E-state index is 11.0. The molecule has 8 nitrogen and oxygen atoms in total. The number of fused-ring (bicyclic) bond motifs is 2. The molecule has 4 N–H and O–H groups in total. The van der Waals surface area contributed by atoms with E-state index in [4.69, 9.17) is 10.2 Å². The quantitative estimate of drug-likeness (QED) is 0.498. The topological polar surface area (TPSA) is 124 Å². The minimum absolute atomic E-state index is 0.639. The van der Waals surface area contributed by atoms with Gasteiger partial charge in [0, 0.05) is 11.4 Å². The third kappa shape index (κ3) is 3.64. The zero-order valence-electron chi connectivity index (χ0n) is 14.2. The van der Waals surface area contributed by atoms with E-state index >= 15 is 0 Å². The minimum Gasteiger partial charge on any atom is -0.480 e. The highest BCUT2D eigenvalue weighted by atomic mass is 16.4. The van der Waals surface area contributed by atoms with Crippen LogP contribution < -0.4 is 10.6 Å². The lowest BCUT2D eigenvalue weighted by atomic mass is 10.2. The zero-order valence-corrected chi connectivity index (χ0v) is 14.2. The van der Waals surface area contributed by atoms with Gasteiger partial charge in [-0.15, -0.1) is 0 Å². The Morgan fingerprint density at radius 1 is 0.769 bits per heavy atom. The highest BCUT2D eigenvalue weighted by molar-refractivity contribution is 5.90. The molecule has 0 radical (unpaired) electrons. The predicted molar refractivity (Wildman–Crippen MR) is 98.5 cm³/mol. The zero-order chi connectivity index (χ0) is 18.8. The van der Waals surface area contributed by atoms with Gasteiger partial charge in [0.1, 0.15) is 12.1 Å². The molecule has 2 unspecified atom stereocenters. The summed E-state index contributed by atoms with van der Waals surface area (Å²) in [5.74, 6) is -1.88. The van der Waals surface area contributed by atoms with E-state index in [9.17, 15) is 9.59 Å². The molecule has 0 aliphatic rings. The third-order valence-corrected chi connectivity index (χ3v) is 3.94. The monoisotopic (exact) mass is 354 g/mol. The van der Waals surface area contributed by atoms with E-state index in [-0.39, 0.29) is 0 Å². The molecule has 2 aromatic carbocycles. The summed E-state index contributed by atoms with van der Waals surface area (Å²) in [6.07, 6.45) is 0. The van der Waals surface area contributed by atoms with Gasteiger partial charge in [0.2, 0.25) is 0 Å². The molecular formula is C18H18N4O4. The van der Waals surface area contributed by atoms with Crippen molar-refractivity contribution in [3.63, 3.8) is 0 Å². The number of anilines is 2. The van der Waals surface area contributed by atoms with Gasteiger partial charge in [0.05, 0.1) is 22.1 Å². The fourth-order valence-corrected chi connectivity index (χ4v) is 2.48. The number of nitrogens with zero attached hydrogens (tertiary/aromatic N) is 2. The van der Waals surface area contributed by atoms with Crippen LogP contribution >= 0.6 is 0 Å². The SMILES string of the molecule is CC(Nc1ccc2nc3cc(NC(C)C(=O)O)ccc3nc2c1)C(=O)O. The number of hydrogen-bond acceptors (Lipinski definition) is 6. The summed E-state index contributed by atoms with van der Waals surface area (Å²) in [5.41, 5.74) is 3.90. The second-order valence-electron chi connectivity index (χ2n) is 6.04. The number of nitrogens with one attached hydrogen (secondary N) is 2. The number of carbonyl (C=O) groups is 2. The van der Waals surface area contributed by atoms with E-state index in [1.54, 1.807) is 50.2 Å². The Labute approximate surface area is 148 Å². The normalized spacial score (nSPS) is 13.3. The maximum atomic E-state index is 11.0. The summed E-state index contributed by atoms with van der Waals surface area (Å²) in [6, 6.07) is 9.08. The van der Waals surface area contributed by atoms with E-state index in [1.807, 2.05) is 0 Å². The average molecular weight is 354 g/mol. The number of aliphatic carboxylic acids is 2. The predicted octanol–water partition coefficient (Wildman–Crippen LogP) is 2.55. The Morgan fingerprint density at radius 3 is 1.50 bits per heavy atom. The molecule has 3 rings (SSSR count). The fraction of sp³-hybridized carbons (Fsp3) is 0.222. The standard InChI is InChI=1S/C18H18N4O4/c1-9(17(23)24)19-11-3-5-13-15(7-11)21-14-6-4-12(8-16(14)22-13)20-10(2)18(25)26/h3-10,19-20H,1-2H3,(H,23,24)(H,25,26). The van der Waals surface area contributed by atoms with Gasteiger partial charge in [-0.1, -0.05) is 0 Å². The Hall–Kier alpha value is -3.42. The molecule has 0 aliphatic heterocycles. The van der Waals surface area contributed by atoms with Gasteiger partial charge in [-0.25, -0.2) is 9.97 Å². The average Bonchev–Trinajstić information content (AvgIpc) is 2.59. The van der Waals surface area contributed by atoms with Crippen LogP contribution in [0.5, 0.6) is 0 Å². The maximum Gasteiger partial charge on any atom is 0.325 e. The van der Waals surface area contributed by atoms with Crippen LogP contribution in [0.2, 0.25) is 0 Å². The van der Waals surface area contributed by atoms with E-state index in [0.717, 1.165) is 0 Å². The lowest BCUT2D eigenvalue weighted by Gasteiger charge is -2.12. The van der Waals surface area contributed by atoms with Gasteiger partial charge in [0.15, 0.2) is 0 Å². The van der Waals surface area contributed by atoms with E-state index in [1.165, 1.54) is 0 Å². The molecule has 0 amide bonds. The lowest BCUT2D eigenvalue weighted by molar-refractivity contribution is -0.138. The first-order chi connectivity index (χ1) is 12.3. The van der Waals surface area contributed by atoms with Crippen molar-refractivity contribution in [3.05, 3.63) is 36.4 Å². The fourth-order valence-electron chi connectivity index (χ4n) is 2.48. The van der Waals surface area contributed by atoms with Crippen LogP contribution in [0.3, 0.4) is 0 Å². The van der Waals surface area contributed by atoms with Crippen molar-refractivity contribution in [1.82, 2.24) is 9.97 Å². The van der Waals surface area contributed by atoms with Crippen molar-refractivity contribution < 1.29 is 19.8 Å². The molecule has 8 heteroatoms.